The summed E-state index contributed by atoms with van der Waals surface area (Å²) < 4.78 is 0. The molecule has 0 aliphatic rings. The molecule has 1 aromatic heterocycles. The van der Waals surface area contributed by atoms with Gasteiger partial charge in [-0.05, 0) is 54.4 Å². The van der Waals surface area contributed by atoms with Crippen molar-refractivity contribution < 1.29 is 9.90 Å². The van der Waals surface area contributed by atoms with Gasteiger partial charge in [0.15, 0.2) is 5.16 Å². The molecule has 4 aromatic rings. The van der Waals surface area contributed by atoms with Gasteiger partial charge in [0.05, 0.1) is 16.7 Å². The van der Waals surface area contributed by atoms with Gasteiger partial charge in [-0.15, -0.1) is 0 Å². The second kappa shape index (κ2) is 7.78. The number of H-pyrrole nitrogens is 1. The topological polar surface area (TPSA) is 78.0 Å². The van der Waals surface area contributed by atoms with E-state index in [0.717, 1.165) is 33.1 Å². The van der Waals surface area contributed by atoms with Crippen molar-refractivity contribution in [2.45, 2.75) is 17.8 Å². The van der Waals surface area contributed by atoms with Crippen molar-refractivity contribution in [2.24, 2.45) is 0 Å². The van der Waals surface area contributed by atoms with Crippen LogP contribution in [-0.4, -0.2) is 21.0 Å². The molecule has 140 valence electrons. The highest BCUT2D eigenvalue weighted by Gasteiger charge is 2.09. The number of rotatable bonds is 5. The van der Waals surface area contributed by atoms with Gasteiger partial charge in [0, 0.05) is 11.3 Å². The van der Waals surface area contributed by atoms with Crippen LogP contribution < -0.4 is 5.32 Å². The van der Waals surface area contributed by atoms with E-state index in [2.05, 4.69) is 15.3 Å². The molecule has 0 unspecified atom stereocenters. The minimum atomic E-state index is -0.254. The summed E-state index contributed by atoms with van der Waals surface area (Å²) in [5, 5.41) is 13.5. The first kappa shape index (κ1) is 18.1. The first-order valence-electron chi connectivity index (χ1n) is 8.86. The molecular weight excluding hydrogens is 370 g/mol. The van der Waals surface area contributed by atoms with Crippen LogP contribution in [0.5, 0.6) is 5.75 Å². The normalized spacial score (nSPS) is 10.9. The number of anilines is 1. The van der Waals surface area contributed by atoms with Gasteiger partial charge in [-0.25, -0.2) is 4.98 Å². The van der Waals surface area contributed by atoms with E-state index in [0.29, 0.717) is 11.3 Å². The molecule has 0 saturated carbocycles. The lowest BCUT2D eigenvalue weighted by molar-refractivity contribution is 0.102. The number of nitrogens with zero attached hydrogens (tertiary/aromatic N) is 1. The number of phenolic OH excluding ortho intramolecular Hbond substituents is 1. The number of aromatic hydroxyl groups is 1. The number of nitrogens with one attached hydrogen (secondary N) is 2. The molecule has 4 rings (SSSR count). The van der Waals surface area contributed by atoms with Crippen LogP contribution in [0.2, 0.25) is 0 Å². The molecule has 5 nitrogen and oxygen atoms in total. The molecule has 0 aliphatic heterocycles. The third-order valence-electron chi connectivity index (χ3n) is 4.36. The van der Waals surface area contributed by atoms with E-state index in [1.807, 2.05) is 49.4 Å². The zero-order chi connectivity index (χ0) is 19.5. The highest BCUT2D eigenvalue weighted by Crippen LogP contribution is 2.25. The van der Waals surface area contributed by atoms with Crippen molar-refractivity contribution in [3.05, 3.63) is 83.4 Å². The van der Waals surface area contributed by atoms with Crippen LogP contribution >= 0.6 is 11.8 Å². The van der Waals surface area contributed by atoms with E-state index in [9.17, 15) is 9.90 Å². The van der Waals surface area contributed by atoms with Gasteiger partial charge in [-0.2, -0.15) is 0 Å². The molecule has 28 heavy (non-hydrogen) atoms. The lowest BCUT2D eigenvalue weighted by atomic mass is 10.1. The van der Waals surface area contributed by atoms with E-state index in [1.165, 1.54) is 0 Å². The number of imidazole rings is 1. The number of carbonyl (C=O) groups excluding carboxylic acids is 1. The molecule has 0 fully saturated rings. The highest BCUT2D eigenvalue weighted by atomic mass is 32.2. The van der Waals surface area contributed by atoms with E-state index < -0.39 is 0 Å². The fourth-order valence-electron chi connectivity index (χ4n) is 2.84. The minimum Gasteiger partial charge on any atom is -0.506 e. The van der Waals surface area contributed by atoms with Crippen LogP contribution in [0.4, 0.5) is 5.69 Å². The summed E-state index contributed by atoms with van der Waals surface area (Å²) in [7, 11) is 0. The molecule has 0 aliphatic carbocycles. The number of thioether (sulfide) groups is 1. The zero-order valence-corrected chi connectivity index (χ0v) is 16.1. The Morgan fingerprint density at radius 3 is 2.64 bits per heavy atom. The SMILES string of the molecule is Cc1ccc(NC(=O)c2ccc(CSc3nc4ccccc4[nH]3)cc2)c(O)c1. The maximum absolute atomic E-state index is 12.4. The van der Waals surface area contributed by atoms with E-state index in [4.69, 9.17) is 0 Å². The Bertz CT molecular complexity index is 1100. The van der Waals surface area contributed by atoms with Gasteiger partial charge >= 0.3 is 0 Å². The van der Waals surface area contributed by atoms with Crippen molar-refractivity contribution in [3.63, 3.8) is 0 Å². The molecule has 0 atom stereocenters. The number of aromatic nitrogens is 2. The monoisotopic (exact) mass is 389 g/mol. The Morgan fingerprint density at radius 1 is 1.11 bits per heavy atom. The molecule has 0 saturated heterocycles. The summed E-state index contributed by atoms with van der Waals surface area (Å²) in [5.74, 6) is 0.559. The zero-order valence-electron chi connectivity index (χ0n) is 15.3. The average Bonchev–Trinajstić information content (AvgIpc) is 3.12. The lowest BCUT2D eigenvalue weighted by Crippen LogP contribution is -2.12. The Morgan fingerprint density at radius 2 is 1.89 bits per heavy atom. The fourth-order valence-corrected chi connectivity index (χ4v) is 3.68. The standard InChI is InChI=1S/C22H19N3O2S/c1-14-6-11-19(20(26)12-14)23-21(27)16-9-7-15(8-10-16)13-28-22-24-17-4-2-3-5-18(17)25-22/h2-12,26H,13H2,1H3,(H,23,27)(H,24,25). The van der Waals surface area contributed by atoms with Crippen LogP contribution in [-0.2, 0) is 5.75 Å². The Kier molecular flexibility index (Phi) is 5.04. The molecule has 1 amide bonds. The van der Waals surface area contributed by atoms with Crippen LogP contribution in [0.1, 0.15) is 21.5 Å². The molecule has 0 bridgehead atoms. The molecule has 3 N–H and O–H groups in total. The van der Waals surface area contributed by atoms with E-state index >= 15 is 0 Å². The summed E-state index contributed by atoms with van der Waals surface area (Å²) >= 11 is 1.62. The third kappa shape index (κ3) is 4.02. The number of para-hydroxylation sites is 2. The van der Waals surface area contributed by atoms with Gasteiger partial charge in [0.25, 0.3) is 5.91 Å². The minimum absolute atomic E-state index is 0.0622. The van der Waals surface area contributed by atoms with Crippen molar-refractivity contribution in [1.82, 2.24) is 9.97 Å². The summed E-state index contributed by atoms with van der Waals surface area (Å²) in [6.07, 6.45) is 0. The Labute approximate surface area is 166 Å². The van der Waals surface area contributed by atoms with Crippen molar-refractivity contribution in [3.8, 4) is 5.75 Å². The smallest absolute Gasteiger partial charge is 0.255 e. The Balaban J connectivity index is 1.39. The maximum Gasteiger partial charge on any atom is 0.255 e. The maximum atomic E-state index is 12.4. The number of hydrogen-bond donors (Lipinski definition) is 3. The number of aryl methyl sites for hydroxylation is 1. The van der Waals surface area contributed by atoms with Gasteiger partial charge < -0.3 is 15.4 Å². The first-order valence-corrected chi connectivity index (χ1v) is 9.84. The molecular formula is C22H19N3O2S. The quantitative estimate of drug-likeness (QED) is 0.327. The summed E-state index contributed by atoms with van der Waals surface area (Å²) in [4.78, 5) is 20.2. The van der Waals surface area contributed by atoms with Gasteiger partial charge in [0.2, 0.25) is 0 Å². The predicted molar refractivity (Wildman–Crippen MR) is 113 cm³/mol. The number of carbonyl (C=O) groups is 1. The third-order valence-corrected chi connectivity index (χ3v) is 5.31. The van der Waals surface area contributed by atoms with Gasteiger partial charge in [-0.3, -0.25) is 4.79 Å². The van der Waals surface area contributed by atoms with Crippen molar-refractivity contribution in [1.29, 1.82) is 0 Å². The van der Waals surface area contributed by atoms with E-state index in [-0.39, 0.29) is 11.7 Å². The van der Waals surface area contributed by atoms with Crippen molar-refractivity contribution >= 4 is 34.4 Å². The summed E-state index contributed by atoms with van der Waals surface area (Å²) in [5.41, 5.74) is 4.95. The number of phenols is 1. The Hall–Kier alpha value is -3.25. The van der Waals surface area contributed by atoms with Crippen LogP contribution in [0.25, 0.3) is 11.0 Å². The number of fused-ring (bicyclic) bond motifs is 1. The second-order valence-corrected chi connectivity index (χ2v) is 7.48. The second-order valence-electron chi connectivity index (χ2n) is 6.52. The molecule has 1 heterocycles. The summed E-state index contributed by atoms with van der Waals surface area (Å²) in [6, 6.07) is 20.5. The van der Waals surface area contributed by atoms with Crippen LogP contribution in [0.15, 0.2) is 71.9 Å². The summed E-state index contributed by atoms with van der Waals surface area (Å²) in [6.45, 7) is 1.88. The van der Waals surface area contributed by atoms with Gasteiger partial charge in [0.1, 0.15) is 5.75 Å². The van der Waals surface area contributed by atoms with Crippen LogP contribution in [0.3, 0.4) is 0 Å². The molecule has 0 radical (unpaired) electrons. The lowest BCUT2D eigenvalue weighted by Gasteiger charge is -2.08. The number of benzene rings is 3. The number of aromatic amines is 1. The van der Waals surface area contributed by atoms with Crippen molar-refractivity contribution in [2.75, 3.05) is 5.32 Å². The first-order chi connectivity index (χ1) is 13.6. The largest absolute Gasteiger partial charge is 0.506 e. The number of hydrogen-bond acceptors (Lipinski definition) is 4. The molecule has 6 heteroatoms. The highest BCUT2D eigenvalue weighted by molar-refractivity contribution is 7.98. The van der Waals surface area contributed by atoms with Gasteiger partial charge in [-0.1, -0.05) is 42.1 Å². The molecule has 3 aromatic carbocycles. The molecule has 0 spiro atoms. The predicted octanol–water partition coefficient (Wildman–Crippen LogP) is 5.12. The van der Waals surface area contributed by atoms with Crippen LogP contribution in [0, 0.1) is 6.92 Å². The fraction of sp³-hybridized carbons (Fsp3) is 0.0909. The number of amides is 1. The average molecular weight is 389 g/mol. The van der Waals surface area contributed by atoms with E-state index in [1.54, 1.807) is 36.0 Å².